The fourth-order valence-corrected chi connectivity index (χ4v) is 3.61. The highest BCUT2D eigenvalue weighted by Gasteiger charge is 2.34. The number of piperidine rings is 1. The van der Waals surface area contributed by atoms with Gasteiger partial charge in [-0.3, -0.25) is 4.90 Å². The van der Waals surface area contributed by atoms with Gasteiger partial charge in [-0.05, 0) is 51.6 Å². The summed E-state index contributed by atoms with van der Waals surface area (Å²) in [5.41, 5.74) is 0. The second-order valence-electron chi connectivity index (χ2n) is 5.54. The van der Waals surface area contributed by atoms with Gasteiger partial charge in [0, 0.05) is 19.6 Å². The molecule has 0 aromatic rings. The van der Waals surface area contributed by atoms with Crippen molar-refractivity contribution in [3.8, 4) is 0 Å². The quantitative estimate of drug-likeness (QED) is 0.708. The lowest BCUT2D eigenvalue weighted by Crippen LogP contribution is -2.53. The first-order chi connectivity index (χ1) is 7.95. The number of hydrazine groups is 1. The van der Waals surface area contributed by atoms with Crippen LogP contribution in [0, 0.1) is 0 Å². The van der Waals surface area contributed by atoms with Gasteiger partial charge in [-0.25, -0.2) is 10.0 Å². The highest BCUT2D eigenvalue weighted by atomic mass is 15.7. The summed E-state index contributed by atoms with van der Waals surface area (Å²) in [6, 6.07) is 0. The molecule has 3 rings (SSSR count). The Morgan fingerprint density at radius 3 is 2.06 bits per heavy atom. The van der Waals surface area contributed by atoms with Crippen LogP contribution >= 0.6 is 0 Å². The van der Waals surface area contributed by atoms with Crippen LogP contribution in [0.1, 0.15) is 44.9 Å². The normalized spacial score (nSPS) is 34.9. The predicted molar refractivity (Wildman–Crippen MR) is 66.0 cm³/mol. The van der Waals surface area contributed by atoms with Gasteiger partial charge in [0.15, 0.2) is 0 Å². The Morgan fingerprint density at radius 1 is 0.625 bits per heavy atom. The summed E-state index contributed by atoms with van der Waals surface area (Å²) in [7, 11) is 0. The second kappa shape index (κ2) is 5.03. The van der Waals surface area contributed by atoms with E-state index in [9.17, 15) is 0 Å². The molecule has 16 heavy (non-hydrogen) atoms. The maximum absolute atomic E-state index is 2.74. The molecule has 3 aliphatic rings. The van der Waals surface area contributed by atoms with Crippen molar-refractivity contribution in [1.82, 2.24) is 14.9 Å². The lowest BCUT2D eigenvalue weighted by atomic mass is 10.1. The summed E-state index contributed by atoms with van der Waals surface area (Å²) in [6.07, 6.45) is 10.7. The standard InChI is InChI=1S/C13H25N3/c1-2-8-14(9-3-1)13-7-6-12-16(13)15-10-4-5-11-15/h13H,1-12H2. The molecule has 92 valence electrons. The summed E-state index contributed by atoms with van der Waals surface area (Å²) >= 11 is 0. The summed E-state index contributed by atoms with van der Waals surface area (Å²) in [5.74, 6) is 0. The molecule has 3 heterocycles. The van der Waals surface area contributed by atoms with Crippen LogP contribution < -0.4 is 0 Å². The molecule has 3 nitrogen and oxygen atoms in total. The smallest absolute Gasteiger partial charge is 0.0760 e. The van der Waals surface area contributed by atoms with E-state index in [2.05, 4.69) is 14.9 Å². The van der Waals surface area contributed by atoms with Gasteiger partial charge >= 0.3 is 0 Å². The molecule has 3 fully saturated rings. The van der Waals surface area contributed by atoms with Crippen LogP contribution in [0.3, 0.4) is 0 Å². The third-order valence-corrected chi connectivity index (χ3v) is 4.45. The van der Waals surface area contributed by atoms with Gasteiger partial charge in [0.25, 0.3) is 0 Å². The number of nitrogens with zero attached hydrogens (tertiary/aromatic N) is 3. The summed E-state index contributed by atoms with van der Waals surface area (Å²) in [5, 5.41) is 5.32. The molecular weight excluding hydrogens is 198 g/mol. The van der Waals surface area contributed by atoms with Crippen LogP contribution in [0.25, 0.3) is 0 Å². The van der Waals surface area contributed by atoms with Crippen molar-refractivity contribution in [3.63, 3.8) is 0 Å². The van der Waals surface area contributed by atoms with Crippen molar-refractivity contribution in [2.45, 2.75) is 51.1 Å². The average molecular weight is 223 g/mol. The van der Waals surface area contributed by atoms with Crippen molar-refractivity contribution in [2.75, 3.05) is 32.7 Å². The van der Waals surface area contributed by atoms with Crippen LogP contribution in [0.2, 0.25) is 0 Å². The lowest BCUT2D eigenvalue weighted by Gasteiger charge is -2.41. The van der Waals surface area contributed by atoms with Gasteiger partial charge < -0.3 is 0 Å². The van der Waals surface area contributed by atoms with Crippen LogP contribution in [0.4, 0.5) is 0 Å². The Morgan fingerprint density at radius 2 is 1.31 bits per heavy atom. The molecule has 0 amide bonds. The third kappa shape index (κ3) is 2.13. The molecule has 0 radical (unpaired) electrons. The first-order valence-corrected chi connectivity index (χ1v) is 7.21. The fourth-order valence-electron chi connectivity index (χ4n) is 3.61. The molecule has 0 spiro atoms. The van der Waals surface area contributed by atoms with Gasteiger partial charge in [0.1, 0.15) is 0 Å². The maximum Gasteiger partial charge on any atom is 0.0760 e. The van der Waals surface area contributed by atoms with Crippen LogP contribution in [-0.2, 0) is 0 Å². The summed E-state index contributed by atoms with van der Waals surface area (Å²) in [4.78, 5) is 2.74. The van der Waals surface area contributed by atoms with E-state index in [0.29, 0.717) is 0 Å². The molecule has 0 aliphatic carbocycles. The van der Waals surface area contributed by atoms with Crippen LogP contribution in [-0.4, -0.2) is 53.8 Å². The molecule has 0 N–H and O–H groups in total. The van der Waals surface area contributed by atoms with E-state index in [0.717, 1.165) is 6.17 Å². The molecule has 3 saturated heterocycles. The molecule has 1 unspecified atom stereocenters. The van der Waals surface area contributed by atoms with Gasteiger partial charge in [-0.15, -0.1) is 0 Å². The van der Waals surface area contributed by atoms with Crippen molar-refractivity contribution < 1.29 is 0 Å². The number of hydrogen-bond acceptors (Lipinski definition) is 3. The topological polar surface area (TPSA) is 9.72 Å². The van der Waals surface area contributed by atoms with E-state index < -0.39 is 0 Å². The number of likely N-dealkylation sites (tertiary alicyclic amines) is 1. The molecule has 3 aliphatic heterocycles. The van der Waals surface area contributed by atoms with E-state index >= 15 is 0 Å². The second-order valence-corrected chi connectivity index (χ2v) is 5.54. The van der Waals surface area contributed by atoms with E-state index in [1.54, 1.807) is 0 Å². The maximum atomic E-state index is 2.74. The highest BCUT2D eigenvalue weighted by molar-refractivity contribution is 4.82. The monoisotopic (exact) mass is 223 g/mol. The van der Waals surface area contributed by atoms with Gasteiger partial charge in [0.05, 0.1) is 6.17 Å². The lowest BCUT2D eigenvalue weighted by molar-refractivity contribution is -0.0794. The van der Waals surface area contributed by atoms with Crippen molar-refractivity contribution >= 4 is 0 Å². The number of hydrogen-bond donors (Lipinski definition) is 0. The zero-order valence-corrected chi connectivity index (χ0v) is 10.4. The first-order valence-electron chi connectivity index (χ1n) is 7.21. The highest BCUT2D eigenvalue weighted by Crippen LogP contribution is 2.27. The minimum absolute atomic E-state index is 0.749. The molecular formula is C13H25N3. The first kappa shape index (κ1) is 11.0. The Hall–Kier alpha value is -0.120. The summed E-state index contributed by atoms with van der Waals surface area (Å²) < 4.78 is 0. The Labute approximate surface area is 99.4 Å². The van der Waals surface area contributed by atoms with E-state index in [-0.39, 0.29) is 0 Å². The van der Waals surface area contributed by atoms with Gasteiger partial charge in [0.2, 0.25) is 0 Å². The fraction of sp³-hybridized carbons (Fsp3) is 1.00. The van der Waals surface area contributed by atoms with Crippen molar-refractivity contribution in [3.05, 3.63) is 0 Å². The average Bonchev–Trinajstić information content (AvgIpc) is 3.01. The zero-order chi connectivity index (χ0) is 10.8. The van der Waals surface area contributed by atoms with Crippen molar-refractivity contribution in [1.29, 1.82) is 0 Å². The minimum Gasteiger partial charge on any atom is -0.287 e. The van der Waals surface area contributed by atoms with Crippen LogP contribution in [0.5, 0.6) is 0 Å². The number of rotatable bonds is 2. The van der Waals surface area contributed by atoms with Gasteiger partial charge in [-0.1, -0.05) is 6.42 Å². The molecule has 3 heteroatoms. The van der Waals surface area contributed by atoms with Crippen LogP contribution in [0.15, 0.2) is 0 Å². The molecule has 1 atom stereocenters. The predicted octanol–water partition coefficient (Wildman–Crippen LogP) is 1.91. The van der Waals surface area contributed by atoms with E-state index in [4.69, 9.17) is 0 Å². The Kier molecular flexibility index (Phi) is 3.46. The molecule has 0 aromatic heterocycles. The zero-order valence-electron chi connectivity index (χ0n) is 10.4. The molecule has 0 saturated carbocycles. The third-order valence-electron chi connectivity index (χ3n) is 4.45. The van der Waals surface area contributed by atoms with Crippen molar-refractivity contribution in [2.24, 2.45) is 0 Å². The van der Waals surface area contributed by atoms with Gasteiger partial charge in [-0.2, -0.15) is 0 Å². The Bertz CT molecular complexity index is 219. The Balaban J connectivity index is 1.63. The van der Waals surface area contributed by atoms with E-state index in [1.807, 2.05) is 0 Å². The largest absolute Gasteiger partial charge is 0.287 e. The summed E-state index contributed by atoms with van der Waals surface area (Å²) in [6.45, 7) is 6.61. The van der Waals surface area contributed by atoms with E-state index in [1.165, 1.54) is 77.7 Å². The molecule has 0 aromatic carbocycles. The SMILES string of the molecule is C1CCN(C2CCCN2N2CCCC2)CC1. The minimum atomic E-state index is 0.749. The molecule has 0 bridgehead atoms.